The van der Waals surface area contributed by atoms with Gasteiger partial charge in [-0.25, -0.2) is 0 Å². The van der Waals surface area contributed by atoms with Crippen LogP contribution in [0, 0.1) is 35.0 Å². The summed E-state index contributed by atoms with van der Waals surface area (Å²) in [6.07, 6.45) is 4.60. The van der Waals surface area contributed by atoms with Gasteiger partial charge in [0.25, 0.3) is 0 Å². The minimum atomic E-state index is 0.557. The van der Waals surface area contributed by atoms with E-state index in [1.807, 2.05) is 0 Å². The second-order valence-corrected chi connectivity index (χ2v) is 7.11. The Morgan fingerprint density at radius 1 is 0.929 bits per heavy atom. The molecule has 0 aromatic carbocycles. The lowest BCUT2D eigenvalue weighted by molar-refractivity contribution is 0.119. The van der Waals surface area contributed by atoms with E-state index in [1.165, 1.54) is 12.8 Å². The topological polar surface area (TPSA) is 0 Å². The predicted molar refractivity (Wildman–Crippen MR) is 62.1 cm³/mol. The van der Waals surface area contributed by atoms with E-state index < -0.39 is 0 Å². The molecule has 4 atom stereocenters. The summed E-state index contributed by atoms with van der Waals surface area (Å²) in [5.74, 6) is 5.13. The largest absolute Gasteiger partial charge is 0.0625 e. The quantitative estimate of drug-likeness (QED) is 0.582. The third-order valence-corrected chi connectivity index (χ3v) is 4.88. The van der Waals surface area contributed by atoms with Gasteiger partial charge in [0.15, 0.2) is 0 Å². The highest BCUT2D eigenvalue weighted by atomic mass is 14.5. The number of hydrogen-bond acceptors (Lipinski definition) is 0. The van der Waals surface area contributed by atoms with Crippen LogP contribution in [0.25, 0.3) is 0 Å². The molecule has 0 amide bonds. The first-order valence-corrected chi connectivity index (χ1v) is 6.39. The van der Waals surface area contributed by atoms with E-state index >= 15 is 0 Å². The molecule has 3 unspecified atom stereocenters. The molecule has 82 valence electrons. The lowest BCUT2D eigenvalue weighted by Crippen LogP contribution is -2.29. The molecule has 0 aromatic heterocycles. The van der Waals surface area contributed by atoms with Gasteiger partial charge in [-0.1, -0.05) is 34.6 Å². The normalized spacial score (nSPS) is 42.4. The van der Waals surface area contributed by atoms with Crippen molar-refractivity contribution >= 4 is 0 Å². The molecule has 0 radical (unpaired) electrons. The Labute approximate surface area is 89.5 Å². The van der Waals surface area contributed by atoms with Crippen LogP contribution in [0.5, 0.6) is 0 Å². The molecule has 0 aliphatic heterocycles. The van der Waals surface area contributed by atoms with Crippen LogP contribution in [0.3, 0.4) is 0 Å². The maximum Gasteiger partial charge on any atom is -0.0334 e. The average molecular weight is 194 g/mol. The van der Waals surface area contributed by atoms with Crippen molar-refractivity contribution in [3.63, 3.8) is 0 Å². The Bertz CT molecular complexity index is 209. The van der Waals surface area contributed by atoms with Gasteiger partial charge in [-0.2, -0.15) is 0 Å². The third-order valence-electron chi connectivity index (χ3n) is 4.88. The van der Waals surface area contributed by atoms with Crippen LogP contribution in [0.15, 0.2) is 0 Å². The van der Waals surface area contributed by atoms with Crippen molar-refractivity contribution in [2.24, 2.45) is 35.0 Å². The summed E-state index contributed by atoms with van der Waals surface area (Å²) in [5, 5.41) is 0. The highest BCUT2D eigenvalue weighted by Gasteiger charge is 2.49. The van der Waals surface area contributed by atoms with Crippen molar-refractivity contribution < 1.29 is 0 Å². The lowest BCUT2D eigenvalue weighted by Gasteiger charge is -2.37. The highest BCUT2D eigenvalue weighted by Crippen LogP contribution is 2.58. The fourth-order valence-corrected chi connectivity index (χ4v) is 4.20. The summed E-state index contributed by atoms with van der Waals surface area (Å²) in [6, 6.07) is 0. The fourth-order valence-electron chi connectivity index (χ4n) is 4.20. The Morgan fingerprint density at radius 2 is 1.57 bits per heavy atom. The number of rotatable bonds is 1. The van der Waals surface area contributed by atoms with Crippen molar-refractivity contribution in [3.8, 4) is 0 Å². The van der Waals surface area contributed by atoms with Gasteiger partial charge in [-0.15, -0.1) is 0 Å². The van der Waals surface area contributed by atoms with Crippen LogP contribution >= 0.6 is 0 Å². The summed E-state index contributed by atoms with van der Waals surface area (Å²) >= 11 is 0. The Kier molecular flexibility index (Phi) is 2.44. The molecule has 2 aliphatic carbocycles. The summed E-state index contributed by atoms with van der Waals surface area (Å²) in [7, 11) is 0. The van der Waals surface area contributed by atoms with E-state index in [0.29, 0.717) is 5.41 Å². The second-order valence-electron chi connectivity index (χ2n) is 7.11. The Hall–Kier alpha value is 0. The molecule has 0 heteroatoms. The monoisotopic (exact) mass is 194 g/mol. The summed E-state index contributed by atoms with van der Waals surface area (Å²) in [4.78, 5) is 0. The van der Waals surface area contributed by atoms with Crippen LogP contribution in [0.4, 0.5) is 0 Å². The van der Waals surface area contributed by atoms with Gasteiger partial charge in [0.1, 0.15) is 0 Å². The molecule has 2 saturated carbocycles. The van der Waals surface area contributed by atoms with Gasteiger partial charge in [0.05, 0.1) is 0 Å². The third kappa shape index (κ3) is 1.61. The molecule has 2 fully saturated rings. The SMILES string of the molecule is CC(C)C1CC2C[C@@H]1CC2C(C)(C)C. The van der Waals surface area contributed by atoms with E-state index in [2.05, 4.69) is 34.6 Å². The van der Waals surface area contributed by atoms with Crippen LogP contribution in [0.2, 0.25) is 0 Å². The van der Waals surface area contributed by atoms with Crippen molar-refractivity contribution in [1.29, 1.82) is 0 Å². The zero-order valence-corrected chi connectivity index (χ0v) is 10.5. The van der Waals surface area contributed by atoms with Gasteiger partial charge >= 0.3 is 0 Å². The van der Waals surface area contributed by atoms with E-state index in [-0.39, 0.29) is 0 Å². The van der Waals surface area contributed by atoms with Crippen molar-refractivity contribution in [2.75, 3.05) is 0 Å². The van der Waals surface area contributed by atoms with E-state index in [1.54, 1.807) is 6.42 Å². The van der Waals surface area contributed by atoms with Crippen LogP contribution in [-0.2, 0) is 0 Å². The van der Waals surface area contributed by atoms with Gasteiger partial charge in [-0.3, -0.25) is 0 Å². The van der Waals surface area contributed by atoms with Gasteiger partial charge in [0, 0.05) is 0 Å². The number of hydrogen-bond donors (Lipinski definition) is 0. The number of fused-ring (bicyclic) bond motifs is 2. The maximum atomic E-state index is 2.43. The van der Waals surface area contributed by atoms with Crippen LogP contribution in [0.1, 0.15) is 53.9 Å². The molecule has 2 aliphatic rings. The maximum absolute atomic E-state index is 2.43. The minimum absolute atomic E-state index is 0.557. The Morgan fingerprint density at radius 3 is 1.93 bits per heavy atom. The summed E-state index contributed by atoms with van der Waals surface area (Å²) < 4.78 is 0. The van der Waals surface area contributed by atoms with Crippen molar-refractivity contribution in [1.82, 2.24) is 0 Å². The average Bonchev–Trinajstić information content (AvgIpc) is 2.58. The standard InChI is InChI=1S/C14H26/c1-9(2)12-7-11-6-10(12)8-13(11)14(3,4)5/h9-13H,6-8H2,1-5H3/t10-,11?,12?,13?/m1/s1. The highest BCUT2D eigenvalue weighted by molar-refractivity contribution is 4.99. The molecule has 0 spiro atoms. The zero-order valence-electron chi connectivity index (χ0n) is 10.5. The molecule has 0 saturated heterocycles. The summed E-state index contributed by atoms with van der Waals surface area (Å²) in [6.45, 7) is 12.1. The molecule has 0 nitrogen and oxygen atoms in total. The molecule has 2 bridgehead atoms. The zero-order chi connectivity index (χ0) is 10.5. The fraction of sp³-hybridized carbons (Fsp3) is 1.00. The van der Waals surface area contributed by atoms with Crippen molar-refractivity contribution in [3.05, 3.63) is 0 Å². The van der Waals surface area contributed by atoms with Gasteiger partial charge < -0.3 is 0 Å². The molecular weight excluding hydrogens is 168 g/mol. The molecule has 2 rings (SSSR count). The molecule has 0 aromatic rings. The van der Waals surface area contributed by atoms with E-state index in [9.17, 15) is 0 Å². The molecular formula is C14H26. The molecule has 14 heavy (non-hydrogen) atoms. The van der Waals surface area contributed by atoms with Crippen molar-refractivity contribution in [2.45, 2.75) is 53.9 Å². The minimum Gasteiger partial charge on any atom is -0.0625 e. The Balaban J connectivity index is 2.03. The van der Waals surface area contributed by atoms with Gasteiger partial charge in [-0.05, 0) is 54.3 Å². The van der Waals surface area contributed by atoms with Gasteiger partial charge in [0.2, 0.25) is 0 Å². The van der Waals surface area contributed by atoms with E-state index in [0.717, 1.165) is 29.6 Å². The lowest BCUT2D eigenvalue weighted by atomic mass is 9.68. The van der Waals surface area contributed by atoms with Crippen LogP contribution < -0.4 is 0 Å². The smallest absolute Gasteiger partial charge is 0.0334 e. The second kappa shape index (κ2) is 3.25. The first-order valence-electron chi connectivity index (χ1n) is 6.39. The first kappa shape index (κ1) is 10.5. The summed E-state index contributed by atoms with van der Waals surface area (Å²) in [5.41, 5.74) is 0.557. The predicted octanol–water partition coefficient (Wildman–Crippen LogP) is 4.35. The molecule has 0 heterocycles. The van der Waals surface area contributed by atoms with Crippen LogP contribution in [-0.4, -0.2) is 0 Å². The first-order chi connectivity index (χ1) is 6.39. The van der Waals surface area contributed by atoms with E-state index in [4.69, 9.17) is 0 Å². The molecule has 0 N–H and O–H groups in total.